The second-order valence-electron chi connectivity index (χ2n) is 4.68. The van der Waals surface area contributed by atoms with Gasteiger partial charge in [-0.1, -0.05) is 6.92 Å². The van der Waals surface area contributed by atoms with E-state index in [4.69, 9.17) is 5.11 Å². The average Bonchev–Trinajstić information content (AvgIpc) is 2.37. The largest absolute Gasteiger partial charge is 0.481 e. The molecule has 2 N–H and O–H groups in total. The number of benzene rings is 1. The van der Waals surface area contributed by atoms with E-state index in [2.05, 4.69) is 5.32 Å². The maximum atomic E-state index is 12.1. The summed E-state index contributed by atoms with van der Waals surface area (Å²) in [5.41, 5.74) is 1.05. The van der Waals surface area contributed by atoms with E-state index in [1.54, 1.807) is 38.2 Å². The van der Waals surface area contributed by atoms with Crippen molar-refractivity contribution in [1.29, 1.82) is 0 Å². The fraction of sp³-hybridized carbons (Fsp3) is 0.357. The predicted octanol–water partition coefficient (Wildman–Crippen LogP) is 1.44. The number of aliphatic carboxylic acids is 1. The predicted molar refractivity (Wildman–Crippen MR) is 74.5 cm³/mol. The molecule has 1 rings (SSSR count). The maximum Gasteiger partial charge on any atom is 0.308 e. The molecule has 0 fully saturated rings. The van der Waals surface area contributed by atoms with Gasteiger partial charge in [-0.15, -0.1) is 0 Å². The summed E-state index contributed by atoms with van der Waals surface area (Å²) in [6.07, 6.45) is 0. The Morgan fingerprint density at radius 1 is 1.25 bits per heavy atom. The van der Waals surface area contributed by atoms with Gasteiger partial charge < -0.3 is 15.3 Å². The first-order valence-corrected chi connectivity index (χ1v) is 6.17. The van der Waals surface area contributed by atoms with Gasteiger partial charge in [0.1, 0.15) is 0 Å². The third-order valence-corrected chi connectivity index (χ3v) is 2.77. The van der Waals surface area contributed by atoms with Crippen LogP contribution in [-0.4, -0.2) is 41.4 Å². The van der Waals surface area contributed by atoms with Crippen LogP contribution in [0.2, 0.25) is 0 Å². The zero-order valence-electron chi connectivity index (χ0n) is 11.7. The van der Waals surface area contributed by atoms with Gasteiger partial charge in [0.2, 0.25) is 5.91 Å². The van der Waals surface area contributed by atoms with Gasteiger partial charge in [0, 0.05) is 31.8 Å². The molecule has 0 saturated carbocycles. The van der Waals surface area contributed by atoms with E-state index in [9.17, 15) is 14.4 Å². The van der Waals surface area contributed by atoms with E-state index in [1.807, 2.05) is 0 Å². The summed E-state index contributed by atoms with van der Waals surface area (Å²) in [6, 6.07) is 6.44. The summed E-state index contributed by atoms with van der Waals surface area (Å²) in [6.45, 7) is 3.09. The molecular formula is C14H18N2O4. The average molecular weight is 278 g/mol. The lowest BCUT2D eigenvalue weighted by Crippen LogP contribution is -2.33. The Labute approximate surface area is 117 Å². The number of hydrogen-bond acceptors (Lipinski definition) is 3. The lowest BCUT2D eigenvalue weighted by atomic mass is 10.1. The zero-order chi connectivity index (χ0) is 15.3. The number of carboxylic acid groups (broad SMARTS) is 1. The second-order valence-corrected chi connectivity index (χ2v) is 4.68. The summed E-state index contributed by atoms with van der Waals surface area (Å²) in [5.74, 6) is -2.00. The molecular weight excluding hydrogens is 260 g/mol. The summed E-state index contributed by atoms with van der Waals surface area (Å²) >= 11 is 0. The van der Waals surface area contributed by atoms with Gasteiger partial charge >= 0.3 is 5.97 Å². The van der Waals surface area contributed by atoms with Gasteiger partial charge in [-0.2, -0.15) is 0 Å². The normalized spacial score (nSPS) is 11.6. The molecule has 6 nitrogen and oxygen atoms in total. The quantitative estimate of drug-likeness (QED) is 0.853. The first-order valence-electron chi connectivity index (χ1n) is 6.17. The molecule has 0 aliphatic carbocycles. The first-order chi connectivity index (χ1) is 9.31. The monoisotopic (exact) mass is 278 g/mol. The lowest BCUT2D eigenvalue weighted by Gasteiger charge is -2.19. The Kier molecular flexibility index (Phi) is 5.25. The Bertz CT molecular complexity index is 510. The highest BCUT2D eigenvalue weighted by Gasteiger charge is 2.18. The van der Waals surface area contributed by atoms with Crippen LogP contribution in [0.15, 0.2) is 24.3 Å². The summed E-state index contributed by atoms with van der Waals surface area (Å²) in [4.78, 5) is 35.1. The van der Waals surface area contributed by atoms with Crippen molar-refractivity contribution in [2.45, 2.75) is 13.8 Å². The number of carbonyl (C=O) groups is 3. The van der Waals surface area contributed by atoms with Crippen molar-refractivity contribution < 1.29 is 19.5 Å². The van der Waals surface area contributed by atoms with E-state index in [0.717, 1.165) is 0 Å². The maximum absolute atomic E-state index is 12.1. The molecule has 20 heavy (non-hydrogen) atoms. The number of nitrogens with zero attached hydrogens (tertiary/aromatic N) is 1. The SMILES string of the molecule is CC(=O)Nc1ccc(C(=O)N(C)CC(C)C(=O)O)cc1. The molecule has 1 aromatic carbocycles. The van der Waals surface area contributed by atoms with Gasteiger partial charge in [0.15, 0.2) is 0 Å². The van der Waals surface area contributed by atoms with Crippen LogP contribution in [0.3, 0.4) is 0 Å². The molecule has 108 valence electrons. The van der Waals surface area contributed by atoms with Crippen molar-refractivity contribution in [2.75, 3.05) is 18.9 Å². The van der Waals surface area contributed by atoms with Crippen molar-refractivity contribution in [3.63, 3.8) is 0 Å². The van der Waals surface area contributed by atoms with Crippen LogP contribution in [0, 0.1) is 5.92 Å². The molecule has 1 atom stereocenters. The van der Waals surface area contributed by atoms with Crippen molar-refractivity contribution in [1.82, 2.24) is 4.90 Å². The van der Waals surface area contributed by atoms with Gasteiger partial charge in [-0.25, -0.2) is 0 Å². The molecule has 0 aliphatic rings. The molecule has 0 heterocycles. The Balaban J connectivity index is 2.72. The highest BCUT2D eigenvalue weighted by molar-refractivity contribution is 5.95. The molecule has 0 bridgehead atoms. The Morgan fingerprint density at radius 2 is 1.80 bits per heavy atom. The standard InChI is InChI=1S/C14H18N2O4/c1-9(14(19)20)8-16(3)13(18)11-4-6-12(7-5-11)15-10(2)17/h4-7,9H,8H2,1-3H3,(H,15,17)(H,19,20). The van der Waals surface area contributed by atoms with E-state index < -0.39 is 11.9 Å². The van der Waals surface area contributed by atoms with Crippen molar-refractivity contribution in [2.24, 2.45) is 5.92 Å². The first kappa shape index (κ1) is 15.7. The number of amides is 2. The van der Waals surface area contributed by atoms with E-state index >= 15 is 0 Å². The summed E-state index contributed by atoms with van der Waals surface area (Å²) in [5, 5.41) is 11.4. The van der Waals surface area contributed by atoms with Gasteiger partial charge in [-0.3, -0.25) is 14.4 Å². The second kappa shape index (κ2) is 6.70. The topological polar surface area (TPSA) is 86.7 Å². The minimum Gasteiger partial charge on any atom is -0.481 e. The van der Waals surface area contributed by atoms with Crippen molar-refractivity contribution >= 4 is 23.5 Å². The molecule has 0 aromatic heterocycles. The van der Waals surface area contributed by atoms with Crippen LogP contribution in [-0.2, 0) is 9.59 Å². The number of hydrogen-bond donors (Lipinski definition) is 2. The van der Waals surface area contributed by atoms with Gasteiger partial charge in [0.05, 0.1) is 5.92 Å². The zero-order valence-corrected chi connectivity index (χ0v) is 11.7. The molecule has 0 aliphatic heterocycles. The number of anilines is 1. The number of rotatable bonds is 5. The lowest BCUT2D eigenvalue weighted by molar-refractivity contribution is -0.141. The molecule has 2 amide bonds. The van der Waals surface area contributed by atoms with Crippen LogP contribution in [0.4, 0.5) is 5.69 Å². The van der Waals surface area contributed by atoms with Crippen LogP contribution < -0.4 is 5.32 Å². The number of carboxylic acids is 1. The summed E-state index contributed by atoms with van der Waals surface area (Å²) in [7, 11) is 1.56. The highest BCUT2D eigenvalue weighted by atomic mass is 16.4. The van der Waals surface area contributed by atoms with Crippen LogP contribution >= 0.6 is 0 Å². The Morgan fingerprint density at radius 3 is 2.25 bits per heavy atom. The van der Waals surface area contributed by atoms with Gasteiger partial charge in [-0.05, 0) is 24.3 Å². The third-order valence-electron chi connectivity index (χ3n) is 2.77. The van der Waals surface area contributed by atoms with Crippen molar-refractivity contribution in [3.8, 4) is 0 Å². The molecule has 1 aromatic rings. The molecule has 1 unspecified atom stereocenters. The van der Waals surface area contributed by atoms with Crippen LogP contribution in [0.1, 0.15) is 24.2 Å². The van der Waals surface area contributed by atoms with Crippen LogP contribution in [0.5, 0.6) is 0 Å². The van der Waals surface area contributed by atoms with Crippen molar-refractivity contribution in [3.05, 3.63) is 29.8 Å². The third kappa shape index (κ3) is 4.38. The minimum absolute atomic E-state index is 0.140. The minimum atomic E-state index is -0.939. The molecule has 0 saturated heterocycles. The summed E-state index contributed by atoms with van der Waals surface area (Å²) < 4.78 is 0. The smallest absolute Gasteiger partial charge is 0.308 e. The number of nitrogens with one attached hydrogen (secondary N) is 1. The van der Waals surface area contributed by atoms with E-state index in [1.165, 1.54) is 11.8 Å². The highest BCUT2D eigenvalue weighted by Crippen LogP contribution is 2.12. The molecule has 6 heteroatoms. The number of carbonyl (C=O) groups excluding carboxylic acids is 2. The van der Waals surface area contributed by atoms with E-state index in [-0.39, 0.29) is 18.4 Å². The van der Waals surface area contributed by atoms with Gasteiger partial charge in [0.25, 0.3) is 5.91 Å². The fourth-order valence-corrected chi connectivity index (χ4v) is 1.69. The van der Waals surface area contributed by atoms with Crippen LogP contribution in [0.25, 0.3) is 0 Å². The fourth-order valence-electron chi connectivity index (χ4n) is 1.69. The molecule has 0 radical (unpaired) electrons. The van der Waals surface area contributed by atoms with E-state index in [0.29, 0.717) is 11.3 Å². The molecule has 0 spiro atoms. The Hall–Kier alpha value is -2.37.